The van der Waals surface area contributed by atoms with Gasteiger partial charge in [0.05, 0.1) is 36.3 Å². The molecule has 3 rings (SSSR count). The number of nitrogens with one attached hydrogen (secondary N) is 1. The first-order chi connectivity index (χ1) is 12.2. The highest BCUT2D eigenvalue weighted by atomic mass is 79.9. The summed E-state index contributed by atoms with van der Waals surface area (Å²) in [6, 6.07) is 5.72. The van der Waals surface area contributed by atoms with Crippen molar-refractivity contribution < 1.29 is 22.7 Å². The number of nitrogens with zero attached hydrogens (tertiary/aromatic N) is 1. The van der Waals surface area contributed by atoms with Crippen LogP contribution >= 0.6 is 15.9 Å². The van der Waals surface area contributed by atoms with Crippen LogP contribution in [-0.4, -0.2) is 50.0 Å². The average Bonchev–Trinajstić information content (AvgIpc) is 2.93. The SMILES string of the molecule is COC(=O)C1=C(C)N([C@@H]2CCS(=O)(=O)C2)C(=O)N[C@H]1c1cccc(Br)c1. The summed E-state index contributed by atoms with van der Waals surface area (Å²) >= 11 is 3.39. The van der Waals surface area contributed by atoms with Crippen molar-refractivity contribution in [2.75, 3.05) is 18.6 Å². The molecule has 0 bridgehead atoms. The van der Waals surface area contributed by atoms with E-state index in [0.717, 1.165) is 10.0 Å². The van der Waals surface area contributed by atoms with Gasteiger partial charge in [-0.3, -0.25) is 4.90 Å². The van der Waals surface area contributed by atoms with Crippen molar-refractivity contribution in [2.45, 2.75) is 25.4 Å². The fourth-order valence-electron chi connectivity index (χ4n) is 3.49. The zero-order valence-corrected chi connectivity index (χ0v) is 16.8. The van der Waals surface area contributed by atoms with E-state index in [0.29, 0.717) is 17.7 Å². The van der Waals surface area contributed by atoms with E-state index < -0.39 is 33.9 Å². The first-order valence-electron chi connectivity index (χ1n) is 8.08. The van der Waals surface area contributed by atoms with E-state index in [2.05, 4.69) is 21.2 Å². The Morgan fingerprint density at radius 1 is 1.38 bits per heavy atom. The van der Waals surface area contributed by atoms with Crippen LogP contribution in [-0.2, 0) is 19.4 Å². The standard InChI is InChI=1S/C17H19BrN2O5S/c1-10-14(16(21)25-2)15(11-4-3-5-12(18)8-11)19-17(22)20(10)13-6-7-26(23,24)9-13/h3-5,8,13,15H,6-7,9H2,1-2H3,(H,19,22)/t13-,15+/m1/s1. The van der Waals surface area contributed by atoms with E-state index in [9.17, 15) is 18.0 Å². The number of sulfone groups is 1. The van der Waals surface area contributed by atoms with Crippen molar-refractivity contribution in [2.24, 2.45) is 0 Å². The highest BCUT2D eigenvalue weighted by Crippen LogP contribution is 2.34. The van der Waals surface area contributed by atoms with Crippen molar-refractivity contribution in [1.29, 1.82) is 0 Å². The topological polar surface area (TPSA) is 92.8 Å². The van der Waals surface area contributed by atoms with E-state index in [-0.39, 0.29) is 11.5 Å². The monoisotopic (exact) mass is 442 g/mol. The Morgan fingerprint density at radius 2 is 2.12 bits per heavy atom. The van der Waals surface area contributed by atoms with Gasteiger partial charge in [-0.2, -0.15) is 0 Å². The van der Waals surface area contributed by atoms with Gasteiger partial charge in [0.2, 0.25) is 0 Å². The molecule has 0 spiro atoms. The second-order valence-corrected chi connectivity index (χ2v) is 9.50. The fraction of sp³-hybridized carbons (Fsp3) is 0.412. The molecule has 26 heavy (non-hydrogen) atoms. The quantitative estimate of drug-likeness (QED) is 0.723. The molecule has 7 nitrogen and oxygen atoms in total. The summed E-state index contributed by atoms with van der Waals surface area (Å²) in [7, 11) is -1.89. The number of methoxy groups -OCH3 is 1. The third kappa shape index (κ3) is 3.50. The molecule has 2 aliphatic heterocycles. The van der Waals surface area contributed by atoms with E-state index in [1.54, 1.807) is 6.92 Å². The Hall–Kier alpha value is -1.87. The van der Waals surface area contributed by atoms with Crippen molar-refractivity contribution in [1.82, 2.24) is 10.2 Å². The van der Waals surface area contributed by atoms with Crippen LogP contribution in [0.3, 0.4) is 0 Å². The van der Waals surface area contributed by atoms with Gasteiger partial charge in [0.1, 0.15) is 0 Å². The number of amides is 2. The lowest BCUT2D eigenvalue weighted by Crippen LogP contribution is -2.52. The first kappa shape index (κ1) is 18.9. The number of carbonyl (C=O) groups is 2. The Balaban J connectivity index is 2.07. The normalized spacial score (nSPS) is 25.2. The lowest BCUT2D eigenvalue weighted by Gasteiger charge is -2.38. The zero-order valence-electron chi connectivity index (χ0n) is 14.4. The van der Waals surface area contributed by atoms with E-state index >= 15 is 0 Å². The van der Waals surface area contributed by atoms with Gasteiger partial charge >= 0.3 is 12.0 Å². The van der Waals surface area contributed by atoms with Crippen LogP contribution in [0.25, 0.3) is 0 Å². The molecule has 1 saturated heterocycles. The van der Waals surface area contributed by atoms with Gasteiger partial charge in [-0.25, -0.2) is 18.0 Å². The van der Waals surface area contributed by atoms with Gasteiger partial charge in [0, 0.05) is 10.2 Å². The summed E-state index contributed by atoms with van der Waals surface area (Å²) in [4.78, 5) is 26.6. The van der Waals surface area contributed by atoms with Crippen LogP contribution in [0.4, 0.5) is 4.79 Å². The molecule has 1 aromatic carbocycles. The number of esters is 1. The minimum absolute atomic E-state index is 0.0390. The highest BCUT2D eigenvalue weighted by Gasteiger charge is 2.42. The predicted octanol–water partition coefficient (Wildman–Crippen LogP) is 2.15. The van der Waals surface area contributed by atoms with E-state index in [1.807, 2.05) is 24.3 Å². The van der Waals surface area contributed by atoms with Crippen molar-refractivity contribution in [3.63, 3.8) is 0 Å². The molecule has 2 atom stereocenters. The summed E-state index contributed by atoms with van der Waals surface area (Å²) in [6.45, 7) is 1.65. The molecule has 2 amide bonds. The van der Waals surface area contributed by atoms with Crippen LogP contribution in [0.5, 0.6) is 0 Å². The number of allylic oxidation sites excluding steroid dienone is 1. The van der Waals surface area contributed by atoms with Gasteiger partial charge in [-0.1, -0.05) is 28.1 Å². The lowest BCUT2D eigenvalue weighted by atomic mass is 9.94. The number of rotatable bonds is 3. The molecule has 2 heterocycles. The molecule has 0 radical (unpaired) electrons. The molecule has 1 fully saturated rings. The zero-order chi connectivity index (χ0) is 19.1. The average molecular weight is 443 g/mol. The van der Waals surface area contributed by atoms with E-state index in [4.69, 9.17) is 4.74 Å². The molecular formula is C17H19BrN2O5S. The first-order valence-corrected chi connectivity index (χ1v) is 10.7. The summed E-state index contributed by atoms with van der Waals surface area (Å²) < 4.78 is 29.4. The Bertz CT molecular complexity index is 896. The van der Waals surface area contributed by atoms with Crippen LogP contribution < -0.4 is 5.32 Å². The van der Waals surface area contributed by atoms with Gasteiger partial charge in [0.15, 0.2) is 9.84 Å². The molecule has 0 unspecified atom stereocenters. The second kappa shape index (κ2) is 7.03. The van der Waals surface area contributed by atoms with Crippen LogP contribution in [0.2, 0.25) is 0 Å². The third-order valence-corrected chi connectivity index (χ3v) is 6.93. The molecule has 1 N–H and O–H groups in total. The third-order valence-electron chi connectivity index (χ3n) is 4.69. The molecule has 2 aliphatic rings. The fourth-order valence-corrected chi connectivity index (χ4v) is 5.60. The van der Waals surface area contributed by atoms with Crippen molar-refractivity contribution >= 4 is 37.8 Å². The molecule has 9 heteroatoms. The molecular weight excluding hydrogens is 424 g/mol. The Kier molecular flexibility index (Phi) is 5.12. The van der Waals surface area contributed by atoms with Crippen LogP contribution in [0, 0.1) is 0 Å². The van der Waals surface area contributed by atoms with Gasteiger partial charge < -0.3 is 10.1 Å². The van der Waals surface area contributed by atoms with Crippen LogP contribution in [0.15, 0.2) is 40.0 Å². The van der Waals surface area contributed by atoms with Gasteiger partial charge in [-0.05, 0) is 31.0 Å². The van der Waals surface area contributed by atoms with Crippen molar-refractivity contribution in [3.8, 4) is 0 Å². The number of urea groups is 1. The lowest BCUT2D eigenvalue weighted by molar-refractivity contribution is -0.136. The molecule has 0 saturated carbocycles. The number of halogens is 1. The second-order valence-electron chi connectivity index (χ2n) is 6.36. The maximum atomic E-state index is 12.7. The number of hydrogen-bond acceptors (Lipinski definition) is 5. The van der Waals surface area contributed by atoms with E-state index in [1.165, 1.54) is 12.0 Å². The minimum atomic E-state index is -3.17. The minimum Gasteiger partial charge on any atom is -0.466 e. The number of hydrogen-bond donors (Lipinski definition) is 1. The molecule has 0 aliphatic carbocycles. The molecule has 140 valence electrons. The maximum absolute atomic E-state index is 12.7. The number of benzene rings is 1. The largest absolute Gasteiger partial charge is 0.466 e. The predicted molar refractivity (Wildman–Crippen MR) is 99.0 cm³/mol. The smallest absolute Gasteiger partial charge is 0.337 e. The summed E-state index contributed by atoms with van der Waals surface area (Å²) in [6.07, 6.45) is 0.350. The summed E-state index contributed by atoms with van der Waals surface area (Å²) in [5, 5.41) is 2.82. The number of ether oxygens (including phenoxy) is 1. The van der Waals surface area contributed by atoms with Crippen molar-refractivity contribution in [3.05, 3.63) is 45.6 Å². The van der Waals surface area contributed by atoms with Crippen LogP contribution in [0.1, 0.15) is 24.9 Å². The van der Waals surface area contributed by atoms with Gasteiger partial charge in [0.25, 0.3) is 0 Å². The number of carbonyl (C=O) groups excluding carboxylic acids is 2. The summed E-state index contributed by atoms with van der Waals surface area (Å²) in [5.41, 5.74) is 1.45. The Labute approximate surface area is 160 Å². The van der Waals surface area contributed by atoms with Gasteiger partial charge in [-0.15, -0.1) is 0 Å². The Morgan fingerprint density at radius 3 is 2.69 bits per heavy atom. The highest BCUT2D eigenvalue weighted by molar-refractivity contribution is 9.10. The molecule has 1 aromatic rings. The molecule has 0 aromatic heterocycles. The summed E-state index contributed by atoms with van der Waals surface area (Å²) in [5.74, 6) is -0.621. The maximum Gasteiger partial charge on any atom is 0.337 e.